The number of rotatable bonds is 5. The van der Waals surface area contributed by atoms with Crippen molar-refractivity contribution in [2.75, 3.05) is 7.11 Å². The lowest BCUT2D eigenvalue weighted by Crippen LogP contribution is -2.24. The molecular formula is C16H21N3O2. The maximum atomic E-state index is 12.3. The summed E-state index contributed by atoms with van der Waals surface area (Å²) in [7, 11) is 1.60. The molecule has 0 spiro atoms. The molecule has 0 fully saturated rings. The molecule has 2 aromatic rings. The Morgan fingerprint density at radius 2 is 2.14 bits per heavy atom. The van der Waals surface area contributed by atoms with Gasteiger partial charge < -0.3 is 10.1 Å². The fraction of sp³-hybridized carbons (Fsp3) is 0.375. The molecule has 0 saturated heterocycles. The minimum Gasteiger partial charge on any atom is -0.496 e. The summed E-state index contributed by atoms with van der Waals surface area (Å²) in [5.74, 6) is 0.618. The van der Waals surface area contributed by atoms with E-state index in [4.69, 9.17) is 4.74 Å². The number of hydrogen-bond acceptors (Lipinski definition) is 3. The first-order valence-electron chi connectivity index (χ1n) is 7.01. The largest absolute Gasteiger partial charge is 0.496 e. The van der Waals surface area contributed by atoms with E-state index in [1.807, 2.05) is 37.6 Å². The Morgan fingerprint density at radius 3 is 2.76 bits per heavy atom. The van der Waals surface area contributed by atoms with Gasteiger partial charge in [0.1, 0.15) is 5.75 Å². The van der Waals surface area contributed by atoms with Gasteiger partial charge in [-0.05, 0) is 32.9 Å². The molecule has 1 aromatic carbocycles. The van der Waals surface area contributed by atoms with Crippen molar-refractivity contribution >= 4 is 5.91 Å². The zero-order valence-corrected chi connectivity index (χ0v) is 12.9. The molecule has 21 heavy (non-hydrogen) atoms. The van der Waals surface area contributed by atoms with Crippen LogP contribution in [0.4, 0.5) is 0 Å². The van der Waals surface area contributed by atoms with Crippen LogP contribution in [-0.2, 0) is 13.1 Å². The van der Waals surface area contributed by atoms with Gasteiger partial charge in [-0.2, -0.15) is 5.10 Å². The number of nitrogens with zero attached hydrogens (tertiary/aromatic N) is 2. The van der Waals surface area contributed by atoms with E-state index in [0.717, 1.165) is 29.1 Å². The monoisotopic (exact) mass is 287 g/mol. The molecule has 1 aromatic heterocycles. The number of ether oxygens (including phenoxy) is 1. The molecule has 0 saturated carbocycles. The second-order valence-electron chi connectivity index (χ2n) is 4.89. The lowest BCUT2D eigenvalue weighted by molar-refractivity contribution is 0.0950. The summed E-state index contributed by atoms with van der Waals surface area (Å²) in [6, 6.07) is 5.47. The lowest BCUT2D eigenvalue weighted by atomic mass is 10.1. The maximum Gasteiger partial charge on any atom is 0.251 e. The van der Waals surface area contributed by atoms with Crippen LogP contribution in [0.25, 0.3) is 0 Å². The molecule has 5 nitrogen and oxygen atoms in total. The van der Waals surface area contributed by atoms with Crippen molar-refractivity contribution in [2.45, 2.75) is 33.9 Å². The Morgan fingerprint density at radius 1 is 1.38 bits per heavy atom. The second kappa shape index (κ2) is 6.43. The van der Waals surface area contributed by atoms with Crippen molar-refractivity contribution in [1.29, 1.82) is 0 Å². The summed E-state index contributed by atoms with van der Waals surface area (Å²) < 4.78 is 7.16. The van der Waals surface area contributed by atoms with Gasteiger partial charge in [0.2, 0.25) is 0 Å². The number of carbonyl (C=O) groups excluding carboxylic acids is 1. The van der Waals surface area contributed by atoms with Gasteiger partial charge >= 0.3 is 0 Å². The third kappa shape index (κ3) is 3.07. The Kier molecular flexibility index (Phi) is 4.62. The maximum absolute atomic E-state index is 12.3. The SMILES string of the molecule is CCn1ncc(CNC(=O)c2cccc(OC)c2C)c1C. The summed E-state index contributed by atoms with van der Waals surface area (Å²) in [6.07, 6.45) is 1.80. The summed E-state index contributed by atoms with van der Waals surface area (Å²) in [5.41, 5.74) is 3.60. The molecule has 0 atom stereocenters. The number of carbonyl (C=O) groups is 1. The number of methoxy groups -OCH3 is 1. The first-order chi connectivity index (χ1) is 10.1. The Labute approximate surface area is 124 Å². The molecule has 0 radical (unpaired) electrons. The van der Waals surface area contributed by atoms with Gasteiger partial charge in [0.05, 0.1) is 13.3 Å². The molecule has 1 N–H and O–H groups in total. The Bertz CT molecular complexity index is 647. The number of amides is 1. The predicted octanol–water partition coefficient (Wildman–Crippen LogP) is 2.46. The van der Waals surface area contributed by atoms with E-state index < -0.39 is 0 Å². The van der Waals surface area contributed by atoms with E-state index >= 15 is 0 Å². The van der Waals surface area contributed by atoms with E-state index in [0.29, 0.717) is 12.1 Å². The van der Waals surface area contributed by atoms with E-state index in [9.17, 15) is 4.79 Å². The lowest BCUT2D eigenvalue weighted by Gasteiger charge is -2.10. The summed E-state index contributed by atoms with van der Waals surface area (Å²) in [5, 5.41) is 7.21. The number of aryl methyl sites for hydroxylation is 1. The highest BCUT2D eigenvalue weighted by atomic mass is 16.5. The summed E-state index contributed by atoms with van der Waals surface area (Å²) in [6.45, 7) is 7.24. The molecular weight excluding hydrogens is 266 g/mol. The molecule has 0 aliphatic rings. The molecule has 2 rings (SSSR count). The summed E-state index contributed by atoms with van der Waals surface area (Å²) >= 11 is 0. The highest BCUT2D eigenvalue weighted by molar-refractivity contribution is 5.96. The second-order valence-corrected chi connectivity index (χ2v) is 4.89. The van der Waals surface area contributed by atoms with Crippen molar-refractivity contribution in [1.82, 2.24) is 15.1 Å². The zero-order chi connectivity index (χ0) is 15.4. The number of benzene rings is 1. The van der Waals surface area contributed by atoms with Crippen LogP contribution < -0.4 is 10.1 Å². The molecule has 1 heterocycles. The molecule has 0 aliphatic carbocycles. The van der Waals surface area contributed by atoms with Gasteiger partial charge in [-0.3, -0.25) is 9.48 Å². The fourth-order valence-electron chi connectivity index (χ4n) is 2.33. The van der Waals surface area contributed by atoms with Gasteiger partial charge in [0.25, 0.3) is 5.91 Å². The van der Waals surface area contributed by atoms with Gasteiger partial charge in [-0.25, -0.2) is 0 Å². The van der Waals surface area contributed by atoms with Crippen LogP contribution in [0.15, 0.2) is 24.4 Å². The van der Waals surface area contributed by atoms with Gasteiger partial charge in [0.15, 0.2) is 0 Å². The van der Waals surface area contributed by atoms with E-state index in [1.165, 1.54) is 0 Å². The number of nitrogens with one attached hydrogen (secondary N) is 1. The van der Waals surface area contributed by atoms with Crippen molar-refractivity contribution in [3.05, 3.63) is 46.8 Å². The number of hydrogen-bond donors (Lipinski definition) is 1. The first kappa shape index (κ1) is 15.1. The molecule has 0 bridgehead atoms. The van der Waals surface area contributed by atoms with Crippen molar-refractivity contribution < 1.29 is 9.53 Å². The molecule has 0 unspecified atom stereocenters. The van der Waals surface area contributed by atoms with Crippen molar-refractivity contribution in [2.24, 2.45) is 0 Å². The highest BCUT2D eigenvalue weighted by Gasteiger charge is 2.13. The Hall–Kier alpha value is -2.30. The third-order valence-electron chi connectivity index (χ3n) is 3.69. The fourth-order valence-corrected chi connectivity index (χ4v) is 2.33. The van der Waals surface area contributed by atoms with E-state index in [2.05, 4.69) is 10.4 Å². The average Bonchev–Trinajstić information content (AvgIpc) is 2.85. The molecule has 112 valence electrons. The van der Waals surface area contributed by atoms with E-state index in [1.54, 1.807) is 19.4 Å². The van der Waals surface area contributed by atoms with Crippen LogP contribution in [0.5, 0.6) is 5.75 Å². The highest BCUT2D eigenvalue weighted by Crippen LogP contribution is 2.20. The van der Waals surface area contributed by atoms with Crippen LogP contribution in [0, 0.1) is 13.8 Å². The number of aromatic nitrogens is 2. The normalized spacial score (nSPS) is 10.5. The van der Waals surface area contributed by atoms with Crippen LogP contribution >= 0.6 is 0 Å². The molecule has 5 heteroatoms. The van der Waals surface area contributed by atoms with Crippen LogP contribution in [0.2, 0.25) is 0 Å². The van der Waals surface area contributed by atoms with Crippen molar-refractivity contribution in [3.8, 4) is 5.75 Å². The predicted molar refractivity (Wildman–Crippen MR) is 81.5 cm³/mol. The van der Waals surface area contributed by atoms with Gasteiger partial charge in [-0.15, -0.1) is 0 Å². The third-order valence-corrected chi connectivity index (χ3v) is 3.69. The van der Waals surface area contributed by atoms with Crippen molar-refractivity contribution in [3.63, 3.8) is 0 Å². The zero-order valence-electron chi connectivity index (χ0n) is 12.9. The van der Waals surface area contributed by atoms with E-state index in [-0.39, 0.29) is 5.91 Å². The molecule has 0 aliphatic heterocycles. The minimum absolute atomic E-state index is 0.102. The summed E-state index contributed by atoms with van der Waals surface area (Å²) in [4.78, 5) is 12.3. The van der Waals surface area contributed by atoms with Gasteiger partial charge in [-0.1, -0.05) is 6.07 Å². The van der Waals surface area contributed by atoms with Crippen LogP contribution in [0.3, 0.4) is 0 Å². The minimum atomic E-state index is -0.102. The standard InChI is InChI=1S/C16H21N3O2/c1-5-19-12(3)13(10-18-19)9-17-16(20)14-7-6-8-15(21-4)11(14)2/h6-8,10H,5,9H2,1-4H3,(H,17,20). The smallest absolute Gasteiger partial charge is 0.251 e. The average molecular weight is 287 g/mol. The quantitative estimate of drug-likeness (QED) is 0.919. The van der Waals surface area contributed by atoms with Crippen LogP contribution in [-0.4, -0.2) is 22.8 Å². The first-order valence-corrected chi connectivity index (χ1v) is 7.01. The Balaban J connectivity index is 2.10. The van der Waals surface area contributed by atoms with Crippen LogP contribution in [0.1, 0.15) is 34.1 Å². The molecule has 1 amide bonds. The van der Waals surface area contributed by atoms with Gasteiger partial charge in [0, 0.05) is 35.5 Å². The topological polar surface area (TPSA) is 56.2 Å².